The molecule has 1 aliphatic heterocycles. The molecule has 94 valence electrons. The number of hydrogen-bond acceptors (Lipinski definition) is 3. The topological polar surface area (TPSA) is 64.3 Å². The van der Waals surface area contributed by atoms with Gasteiger partial charge in [0.1, 0.15) is 0 Å². The number of amides is 1. The minimum atomic E-state index is -0.0161. The highest BCUT2D eigenvalue weighted by Crippen LogP contribution is 2.18. The summed E-state index contributed by atoms with van der Waals surface area (Å²) < 4.78 is 0. The highest BCUT2D eigenvalue weighted by Gasteiger charge is 2.23. The normalized spacial score (nSPS) is 19.3. The van der Waals surface area contributed by atoms with E-state index in [9.17, 15) is 4.79 Å². The molecule has 2 rings (SSSR count). The van der Waals surface area contributed by atoms with Crippen LogP contribution in [0, 0.1) is 17.2 Å². The summed E-state index contributed by atoms with van der Waals surface area (Å²) in [6.45, 7) is 1.50. The van der Waals surface area contributed by atoms with E-state index in [1.807, 2.05) is 6.07 Å². The Kier molecular flexibility index (Phi) is 3.96. The van der Waals surface area contributed by atoms with Crippen LogP contribution in [0.2, 0.25) is 0 Å². The van der Waals surface area contributed by atoms with Crippen LogP contribution in [0.1, 0.15) is 28.8 Å². The molecule has 0 aliphatic carbocycles. The molecule has 1 unspecified atom stereocenters. The molecular weight excluding hydrogens is 228 g/mol. The van der Waals surface area contributed by atoms with Crippen LogP contribution in [0.15, 0.2) is 24.3 Å². The van der Waals surface area contributed by atoms with Crippen molar-refractivity contribution in [3.63, 3.8) is 0 Å². The molecule has 0 aromatic heterocycles. The van der Waals surface area contributed by atoms with Gasteiger partial charge in [-0.25, -0.2) is 0 Å². The fraction of sp³-hybridized carbons (Fsp3) is 0.429. The second-order valence-electron chi connectivity index (χ2n) is 4.63. The Morgan fingerprint density at radius 2 is 2.17 bits per heavy atom. The van der Waals surface area contributed by atoms with Crippen LogP contribution in [0.4, 0.5) is 0 Å². The first-order valence-electron chi connectivity index (χ1n) is 6.15. The second kappa shape index (κ2) is 5.65. The van der Waals surface area contributed by atoms with E-state index >= 15 is 0 Å². The van der Waals surface area contributed by atoms with Crippen LogP contribution < -0.4 is 0 Å². The van der Waals surface area contributed by atoms with Gasteiger partial charge in [0.15, 0.2) is 0 Å². The van der Waals surface area contributed by atoms with E-state index < -0.39 is 0 Å². The van der Waals surface area contributed by atoms with E-state index in [1.165, 1.54) is 0 Å². The lowest BCUT2D eigenvalue weighted by atomic mass is 9.98. The second-order valence-corrected chi connectivity index (χ2v) is 4.63. The number of aliphatic hydroxyl groups is 1. The largest absolute Gasteiger partial charge is 0.396 e. The lowest BCUT2D eigenvalue weighted by Crippen LogP contribution is -2.40. The first kappa shape index (κ1) is 12.6. The fourth-order valence-corrected chi connectivity index (χ4v) is 2.27. The van der Waals surface area contributed by atoms with Crippen molar-refractivity contribution in [1.82, 2.24) is 4.90 Å². The lowest BCUT2D eigenvalue weighted by molar-refractivity contribution is 0.0620. The molecule has 18 heavy (non-hydrogen) atoms. The van der Waals surface area contributed by atoms with E-state index in [0.29, 0.717) is 17.7 Å². The van der Waals surface area contributed by atoms with Gasteiger partial charge in [-0.1, -0.05) is 0 Å². The maximum Gasteiger partial charge on any atom is 0.253 e. The van der Waals surface area contributed by atoms with E-state index in [1.54, 1.807) is 29.2 Å². The van der Waals surface area contributed by atoms with Gasteiger partial charge in [-0.15, -0.1) is 0 Å². The SMILES string of the molecule is N#Cc1ccc(C(=O)N2CCCC(CO)C2)cc1. The fourth-order valence-electron chi connectivity index (χ4n) is 2.27. The Balaban J connectivity index is 2.08. The van der Waals surface area contributed by atoms with Gasteiger partial charge in [-0.05, 0) is 43.0 Å². The Hall–Kier alpha value is -1.86. The number of hydrogen-bond donors (Lipinski definition) is 1. The number of benzene rings is 1. The van der Waals surface area contributed by atoms with Gasteiger partial charge in [0.05, 0.1) is 11.6 Å². The summed E-state index contributed by atoms with van der Waals surface area (Å²) in [6, 6.07) is 8.71. The number of aliphatic hydroxyl groups excluding tert-OH is 1. The van der Waals surface area contributed by atoms with Gasteiger partial charge in [0.25, 0.3) is 5.91 Å². The molecular formula is C14H16N2O2. The van der Waals surface area contributed by atoms with Crippen molar-refractivity contribution in [3.05, 3.63) is 35.4 Å². The van der Waals surface area contributed by atoms with Crippen LogP contribution in [0.25, 0.3) is 0 Å². The van der Waals surface area contributed by atoms with Crippen LogP contribution >= 0.6 is 0 Å². The van der Waals surface area contributed by atoms with Crippen LogP contribution in [0.3, 0.4) is 0 Å². The molecule has 1 N–H and O–H groups in total. The molecule has 0 spiro atoms. The quantitative estimate of drug-likeness (QED) is 0.855. The van der Waals surface area contributed by atoms with Crippen LogP contribution in [-0.4, -0.2) is 35.6 Å². The number of carbonyl (C=O) groups is 1. The molecule has 0 radical (unpaired) electrons. The summed E-state index contributed by atoms with van der Waals surface area (Å²) in [4.78, 5) is 14.0. The third-order valence-electron chi connectivity index (χ3n) is 3.33. The molecule has 1 saturated heterocycles. The molecule has 4 nitrogen and oxygen atoms in total. The maximum atomic E-state index is 12.2. The summed E-state index contributed by atoms with van der Waals surface area (Å²) in [5, 5.41) is 17.9. The third-order valence-corrected chi connectivity index (χ3v) is 3.33. The van der Waals surface area contributed by atoms with Gasteiger partial charge < -0.3 is 10.0 Å². The van der Waals surface area contributed by atoms with Crippen LogP contribution in [0.5, 0.6) is 0 Å². The van der Waals surface area contributed by atoms with Crippen molar-refractivity contribution in [2.24, 2.45) is 5.92 Å². The molecule has 0 saturated carbocycles. The predicted octanol–water partition coefficient (Wildman–Crippen LogP) is 1.40. The number of nitrogens with zero attached hydrogens (tertiary/aromatic N) is 2. The molecule has 0 bridgehead atoms. The van der Waals surface area contributed by atoms with E-state index in [4.69, 9.17) is 10.4 Å². The summed E-state index contributed by atoms with van der Waals surface area (Å²) in [5.74, 6) is 0.179. The molecule has 1 aromatic rings. The van der Waals surface area contributed by atoms with Crippen molar-refractivity contribution >= 4 is 5.91 Å². The Bertz CT molecular complexity index is 462. The van der Waals surface area contributed by atoms with Gasteiger partial charge >= 0.3 is 0 Å². The van der Waals surface area contributed by atoms with Crippen molar-refractivity contribution in [1.29, 1.82) is 5.26 Å². The standard InChI is InChI=1S/C14H16N2O2/c15-8-11-3-5-13(6-4-11)14(18)16-7-1-2-12(9-16)10-17/h3-6,12,17H,1-2,7,9-10H2. The monoisotopic (exact) mass is 244 g/mol. The summed E-state index contributed by atoms with van der Waals surface area (Å²) in [7, 11) is 0. The molecule has 4 heteroatoms. The zero-order valence-corrected chi connectivity index (χ0v) is 10.2. The van der Waals surface area contributed by atoms with Crippen molar-refractivity contribution in [2.75, 3.05) is 19.7 Å². The number of carbonyl (C=O) groups excluding carboxylic acids is 1. The van der Waals surface area contributed by atoms with Crippen molar-refractivity contribution in [3.8, 4) is 6.07 Å². The number of likely N-dealkylation sites (tertiary alicyclic amines) is 1. The molecule has 1 aliphatic rings. The van der Waals surface area contributed by atoms with Crippen LogP contribution in [-0.2, 0) is 0 Å². The molecule has 1 amide bonds. The van der Waals surface area contributed by atoms with E-state index in [2.05, 4.69) is 0 Å². The first-order chi connectivity index (χ1) is 8.74. The summed E-state index contributed by atoms with van der Waals surface area (Å²) >= 11 is 0. The van der Waals surface area contributed by atoms with E-state index in [0.717, 1.165) is 19.4 Å². The average Bonchev–Trinajstić information content (AvgIpc) is 2.46. The van der Waals surface area contributed by atoms with Gasteiger partial charge in [0.2, 0.25) is 0 Å². The van der Waals surface area contributed by atoms with Crippen molar-refractivity contribution in [2.45, 2.75) is 12.8 Å². The van der Waals surface area contributed by atoms with Gasteiger partial charge in [-0.2, -0.15) is 5.26 Å². The Morgan fingerprint density at radius 3 is 2.78 bits per heavy atom. The summed E-state index contributed by atoms with van der Waals surface area (Å²) in [6.07, 6.45) is 1.92. The Labute approximate surface area is 106 Å². The lowest BCUT2D eigenvalue weighted by Gasteiger charge is -2.31. The first-order valence-corrected chi connectivity index (χ1v) is 6.15. The van der Waals surface area contributed by atoms with Gasteiger partial charge in [-0.3, -0.25) is 4.79 Å². The number of piperidine rings is 1. The third kappa shape index (κ3) is 2.69. The minimum Gasteiger partial charge on any atom is -0.396 e. The van der Waals surface area contributed by atoms with E-state index in [-0.39, 0.29) is 18.4 Å². The zero-order valence-electron chi connectivity index (χ0n) is 10.2. The highest BCUT2D eigenvalue weighted by atomic mass is 16.3. The van der Waals surface area contributed by atoms with Gasteiger partial charge in [0, 0.05) is 25.3 Å². The average molecular weight is 244 g/mol. The highest BCUT2D eigenvalue weighted by molar-refractivity contribution is 5.94. The number of nitriles is 1. The molecule has 1 atom stereocenters. The molecule has 1 aromatic carbocycles. The predicted molar refractivity (Wildman–Crippen MR) is 66.9 cm³/mol. The maximum absolute atomic E-state index is 12.2. The smallest absolute Gasteiger partial charge is 0.253 e. The molecule has 1 fully saturated rings. The molecule has 1 heterocycles. The minimum absolute atomic E-state index is 0.0161. The zero-order chi connectivity index (χ0) is 13.0. The Morgan fingerprint density at radius 1 is 1.44 bits per heavy atom. The summed E-state index contributed by atoms with van der Waals surface area (Å²) in [5.41, 5.74) is 1.16. The van der Waals surface area contributed by atoms with Crippen molar-refractivity contribution < 1.29 is 9.90 Å². The number of rotatable bonds is 2.